The van der Waals surface area contributed by atoms with Gasteiger partial charge in [0, 0.05) is 3.92 Å². The number of hydrogen-bond acceptors (Lipinski definition) is 0. The van der Waals surface area contributed by atoms with Crippen molar-refractivity contribution >= 4 is 22.6 Å². The van der Waals surface area contributed by atoms with Crippen LogP contribution < -0.4 is 0 Å². The van der Waals surface area contributed by atoms with Crippen LogP contribution in [0.3, 0.4) is 0 Å². The number of halogens is 5. The van der Waals surface area contributed by atoms with Gasteiger partial charge in [-0.3, -0.25) is 4.39 Å². The van der Waals surface area contributed by atoms with E-state index in [1.165, 1.54) is 0 Å². The molecule has 0 aliphatic carbocycles. The minimum atomic E-state index is -4.38. The molecule has 0 bridgehead atoms. The molecular formula is C9H15F4I. The molecule has 0 heterocycles. The summed E-state index contributed by atoms with van der Waals surface area (Å²) in [5.74, 6) is -1.78. The lowest BCUT2D eigenvalue weighted by Crippen LogP contribution is -2.27. The van der Waals surface area contributed by atoms with Gasteiger partial charge in [-0.25, -0.2) is 0 Å². The average molecular weight is 326 g/mol. The van der Waals surface area contributed by atoms with E-state index in [-0.39, 0.29) is 10.3 Å². The standard InChI is InChI=1S/C9H15F4I/c1-2-3-4-8(14)5-7(6-10)9(11,12)13/h7-8H,2-6H2,1H3. The van der Waals surface area contributed by atoms with Gasteiger partial charge in [-0.2, -0.15) is 13.2 Å². The third-order valence-electron chi connectivity index (χ3n) is 2.06. The highest BCUT2D eigenvalue weighted by molar-refractivity contribution is 14.1. The minimum Gasteiger partial charge on any atom is -0.250 e. The summed E-state index contributed by atoms with van der Waals surface area (Å²) >= 11 is 1.98. The summed E-state index contributed by atoms with van der Waals surface area (Å²) in [6.07, 6.45) is -1.87. The van der Waals surface area contributed by atoms with Crippen LogP contribution in [0.25, 0.3) is 0 Å². The Morgan fingerprint density at radius 2 is 1.86 bits per heavy atom. The molecule has 0 spiro atoms. The average Bonchev–Trinajstić information content (AvgIpc) is 2.08. The molecule has 0 aliphatic rings. The number of alkyl halides is 5. The van der Waals surface area contributed by atoms with E-state index in [1.807, 2.05) is 29.5 Å². The summed E-state index contributed by atoms with van der Waals surface area (Å²) < 4.78 is 48.5. The molecule has 2 atom stereocenters. The van der Waals surface area contributed by atoms with Crippen molar-refractivity contribution in [3.63, 3.8) is 0 Å². The third kappa shape index (κ3) is 6.03. The second kappa shape index (κ2) is 6.85. The lowest BCUT2D eigenvalue weighted by atomic mass is 10.0. The molecule has 0 aromatic rings. The van der Waals surface area contributed by atoms with Crippen LogP contribution in [0.1, 0.15) is 32.6 Å². The zero-order valence-electron chi connectivity index (χ0n) is 8.08. The summed E-state index contributed by atoms with van der Waals surface area (Å²) in [5, 5.41) is 0. The molecule has 5 heteroatoms. The summed E-state index contributed by atoms with van der Waals surface area (Å²) in [5.41, 5.74) is 0. The normalized spacial score (nSPS) is 16.7. The first-order valence-corrected chi connectivity index (χ1v) is 5.93. The Balaban J connectivity index is 3.93. The highest BCUT2D eigenvalue weighted by atomic mass is 127. The van der Waals surface area contributed by atoms with E-state index < -0.39 is 18.8 Å². The third-order valence-corrected chi connectivity index (χ3v) is 3.19. The van der Waals surface area contributed by atoms with E-state index in [2.05, 4.69) is 0 Å². The van der Waals surface area contributed by atoms with Crippen molar-refractivity contribution in [1.29, 1.82) is 0 Å². The molecule has 0 aliphatic heterocycles. The minimum absolute atomic E-state index is 0.0741. The van der Waals surface area contributed by atoms with E-state index in [0.717, 1.165) is 19.3 Å². The maximum atomic E-state index is 12.2. The van der Waals surface area contributed by atoms with Crippen LogP contribution >= 0.6 is 22.6 Å². The predicted octanol–water partition coefficient (Wildman–Crippen LogP) is 4.52. The van der Waals surface area contributed by atoms with Crippen LogP contribution in [0.5, 0.6) is 0 Å². The molecule has 0 N–H and O–H groups in total. The van der Waals surface area contributed by atoms with Gasteiger partial charge in [-0.15, -0.1) is 0 Å². The second-order valence-corrected chi connectivity index (χ2v) is 5.13. The van der Waals surface area contributed by atoms with Gasteiger partial charge < -0.3 is 0 Å². The van der Waals surface area contributed by atoms with Crippen molar-refractivity contribution < 1.29 is 17.6 Å². The highest BCUT2D eigenvalue weighted by Gasteiger charge is 2.40. The van der Waals surface area contributed by atoms with E-state index in [4.69, 9.17) is 0 Å². The Labute approximate surface area is 95.6 Å². The van der Waals surface area contributed by atoms with E-state index >= 15 is 0 Å². The van der Waals surface area contributed by atoms with Crippen LogP contribution in [-0.2, 0) is 0 Å². The predicted molar refractivity (Wildman–Crippen MR) is 57.5 cm³/mol. The maximum Gasteiger partial charge on any atom is 0.394 e. The lowest BCUT2D eigenvalue weighted by molar-refractivity contribution is -0.179. The van der Waals surface area contributed by atoms with Crippen molar-refractivity contribution in [2.75, 3.05) is 6.67 Å². The largest absolute Gasteiger partial charge is 0.394 e. The van der Waals surface area contributed by atoms with Gasteiger partial charge in [0.2, 0.25) is 0 Å². The van der Waals surface area contributed by atoms with Gasteiger partial charge in [0.15, 0.2) is 0 Å². The molecule has 0 saturated carbocycles. The SMILES string of the molecule is CCCCC(I)CC(CF)C(F)(F)F. The van der Waals surface area contributed by atoms with E-state index in [9.17, 15) is 17.6 Å². The van der Waals surface area contributed by atoms with Crippen LogP contribution in [0, 0.1) is 5.92 Å². The zero-order valence-corrected chi connectivity index (χ0v) is 10.2. The Hall–Kier alpha value is 0.450. The van der Waals surface area contributed by atoms with E-state index in [1.54, 1.807) is 0 Å². The Morgan fingerprint density at radius 1 is 1.29 bits per heavy atom. The van der Waals surface area contributed by atoms with E-state index in [0.29, 0.717) is 0 Å². The van der Waals surface area contributed by atoms with Crippen LogP contribution in [0.2, 0.25) is 0 Å². The highest BCUT2D eigenvalue weighted by Crippen LogP contribution is 2.33. The topological polar surface area (TPSA) is 0 Å². The maximum absolute atomic E-state index is 12.2. The summed E-state index contributed by atoms with van der Waals surface area (Å²) in [6.45, 7) is 0.689. The molecule has 0 radical (unpaired) electrons. The van der Waals surface area contributed by atoms with Crippen molar-refractivity contribution in [1.82, 2.24) is 0 Å². The summed E-state index contributed by atoms with van der Waals surface area (Å²) in [7, 11) is 0. The van der Waals surface area contributed by atoms with Gasteiger partial charge in [0.25, 0.3) is 0 Å². The summed E-state index contributed by atoms with van der Waals surface area (Å²) in [4.78, 5) is 0. The zero-order chi connectivity index (χ0) is 11.2. The van der Waals surface area contributed by atoms with Crippen molar-refractivity contribution in [3.8, 4) is 0 Å². The molecular weight excluding hydrogens is 311 g/mol. The Bertz CT molecular complexity index is 146. The molecule has 0 fully saturated rings. The monoisotopic (exact) mass is 326 g/mol. The Morgan fingerprint density at radius 3 is 2.21 bits per heavy atom. The van der Waals surface area contributed by atoms with Crippen molar-refractivity contribution in [2.24, 2.45) is 5.92 Å². The number of rotatable bonds is 6. The molecule has 14 heavy (non-hydrogen) atoms. The second-order valence-electron chi connectivity index (χ2n) is 3.37. The molecule has 0 amide bonds. The fraction of sp³-hybridized carbons (Fsp3) is 1.00. The quantitative estimate of drug-likeness (QED) is 0.382. The number of unbranched alkanes of at least 4 members (excludes halogenated alkanes) is 1. The van der Waals surface area contributed by atoms with Crippen LogP contribution in [0.15, 0.2) is 0 Å². The first-order valence-electron chi connectivity index (χ1n) is 4.68. The molecule has 0 aromatic carbocycles. The molecule has 0 aromatic heterocycles. The van der Waals surface area contributed by atoms with Gasteiger partial charge >= 0.3 is 6.18 Å². The van der Waals surface area contributed by atoms with Gasteiger partial charge in [-0.05, 0) is 12.8 Å². The smallest absolute Gasteiger partial charge is 0.250 e. The van der Waals surface area contributed by atoms with Crippen molar-refractivity contribution in [3.05, 3.63) is 0 Å². The lowest BCUT2D eigenvalue weighted by Gasteiger charge is -2.19. The fourth-order valence-electron chi connectivity index (χ4n) is 1.14. The fourth-order valence-corrected chi connectivity index (χ4v) is 2.19. The van der Waals surface area contributed by atoms with Gasteiger partial charge in [0.1, 0.15) is 6.67 Å². The van der Waals surface area contributed by atoms with Gasteiger partial charge in [0.05, 0.1) is 5.92 Å². The first-order chi connectivity index (χ1) is 6.41. The molecule has 0 nitrogen and oxygen atoms in total. The molecule has 2 unspecified atom stereocenters. The molecule has 0 saturated heterocycles. The molecule has 86 valence electrons. The van der Waals surface area contributed by atoms with Crippen LogP contribution in [-0.4, -0.2) is 16.8 Å². The van der Waals surface area contributed by atoms with Gasteiger partial charge in [-0.1, -0.05) is 42.4 Å². The summed E-state index contributed by atoms with van der Waals surface area (Å²) in [6, 6.07) is 0. The van der Waals surface area contributed by atoms with Crippen LogP contribution in [0.4, 0.5) is 17.6 Å². The van der Waals surface area contributed by atoms with Crippen molar-refractivity contribution in [2.45, 2.75) is 42.7 Å². The molecule has 0 rings (SSSR count). The Kier molecular flexibility index (Phi) is 7.07. The number of hydrogen-bond donors (Lipinski definition) is 0. The first kappa shape index (κ1) is 14.5.